The lowest BCUT2D eigenvalue weighted by molar-refractivity contribution is -0.116. The number of carbonyl (C=O) groups excluding carboxylic acids is 1. The molecule has 7 heteroatoms. The minimum absolute atomic E-state index is 0.0577. The van der Waals surface area contributed by atoms with Gasteiger partial charge in [0.1, 0.15) is 17.8 Å². The zero-order chi connectivity index (χ0) is 21.4. The predicted octanol–water partition coefficient (Wildman–Crippen LogP) is 6.44. The van der Waals surface area contributed by atoms with Gasteiger partial charge in [-0.1, -0.05) is 48.0 Å². The average molecular weight is 451 g/mol. The van der Waals surface area contributed by atoms with Gasteiger partial charge >= 0.3 is 0 Å². The second-order valence-corrected chi connectivity index (χ2v) is 8.48. The van der Waals surface area contributed by atoms with Gasteiger partial charge in [-0.2, -0.15) is 0 Å². The van der Waals surface area contributed by atoms with E-state index in [4.69, 9.17) is 16.0 Å². The topological polar surface area (TPSA) is 46.3 Å². The molecule has 0 spiro atoms. The molecule has 0 aliphatic carbocycles. The minimum Gasteiger partial charge on any atom is -0.444 e. The van der Waals surface area contributed by atoms with Gasteiger partial charge in [-0.15, -0.1) is 11.8 Å². The van der Waals surface area contributed by atoms with E-state index in [2.05, 4.69) is 4.98 Å². The van der Waals surface area contributed by atoms with Gasteiger partial charge < -0.3 is 9.32 Å². The number of anilines is 1. The van der Waals surface area contributed by atoms with Gasteiger partial charge in [0, 0.05) is 26.6 Å². The molecule has 4 aromatic rings. The fourth-order valence-corrected chi connectivity index (χ4v) is 4.64. The van der Waals surface area contributed by atoms with Crippen molar-refractivity contribution in [2.24, 2.45) is 0 Å². The zero-order valence-corrected chi connectivity index (χ0v) is 17.8. The van der Waals surface area contributed by atoms with Crippen molar-refractivity contribution < 1.29 is 13.6 Å². The van der Waals surface area contributed by atoms with Crippen molar-refractivity contribution in [3.63, 3.8) is 0 Å². The van der Waals surface area contributed by atoms with Gasteiger partial charge in [0.15, 0.2) is 0 Å². The number of hydrogen-bond donors (Lipinski definition) is 0. The first-order valence-corrected chi connectivity index (χ1v) is 11.0. The van der Waals surface area contributed by atoms with Crippen molar-refractivity contribution in [2.45, 2.75) is 11.4 Å². The summed E-state index contributed by atoms with van der Waals surface area (Å²) in [6.07, 6.45) is 1.61. The average Bonchev–Trinajstić information content (AvgIpc) is 3.28. The van der Waals surface area contributed by atoms with Crippen LogP contribution >= 0.6 is 23.4 Å². The second-order valence-electron chi connectivity index (χ2n) is 7.06. The van der Waals surface area contributed by atoms with Crippen LogP contribution in [-0.2, 0) is 11.3 Å². The molecule has 0 atom stereocenters. The molecule has 0 radical (unpaired) electrons. The number of hydrogen-bond acceptors (Lipinski definition) is 4. The van der Waals surface area contributed by atoms with Gasteiger partial charge in [-0.05, 0) is 30.3 Å². The third-order valence-corrected chi connectivity index (χ3v) is 6.50. The zero-order valence-electron chi connectivity index (χ0n) is 16.2. The van der Waals surface area contributed by atoms with E-state index in [0.29, 0.717) is 22.2 Å². The summed E-state index contributed by atoms with van der Waals surface area (Å²) in [4.78, 5) is 19.8. The van der Waals surface area contributed by atoms with Crippen LogP contribution in [0.1, 0.15) is 5.56 Å². The molecule has 0 unspecified atom stereocenters. The summed E-state index contributed by atoms with van der Waals surface area (Å²) in [5.41, 5.74) is 3.41. The van der Waals surface area contributed by atoms with Gasteiger partial charge in [0.2, 0.25) is 11.8 Å². The van der Waals surface area contributed by atoms with Gasteiger partial charge in [0.25, 0.3) is 0 Å². The van der Waals surface area contributed by atoms with Crippen LogP contribution in [0.4, 0.5) is 10.1 Å². The summed E-state index contributed by atoms with van der Waals surface area (Å²) in [6, 6.07) is 20.0. The Kier molecular flexibility index (Phi) is 5.26. The summed E-state index contributed by atoms with van der Waals surface area (Å²) < 4.78 is 20.1. The lowest BCUT2D eigenvalue weighted by atomic mass is 10.1. The first-order chi connectivity index (χ1) is 15.1. The summed E-state index contributed by atoms with van der Waals surface area (Å²) in [5, 5.41) is 0.295. The molecule has 1 aliphatic heterocycles. The molecule has 0 bridgehead atoms. The number of fused-ring (bicyclic) bond motifs is 1. The highest BCUT2D eigenvalue weighted by Gasteiger charge is 2.27. The number of benzene rings is 3. The quantitative estimate of drug-likeness (QED) is 0.359. The van der Waals surface area contributed by atoms with Crippen LogP contribution in [0.15, 0.2) is 82.3 Å². The molecule has 5 rings (SSSR count). The van der Waals surface area contributed by atoms with Gasteiger partial charge in [0.05, 0.1) is 18.0 Å². The highest BCUT2D eigenvalue weighted by molar-refractivity contribution is 8.00. The molecule has 0 saturated carbocycles. The molecule has 0 fully saturated rings. The molecule has 1 aromatic heterocycles. The molecular formula is C24H16ClFN2O2S. The lowest BCUT2D eigenvalue weighted by Gasteiger charge is -2.29. The van der Waals surface area contributed by atoms with E-state index < -0.39 is 5.82 Å². The van der Waals surface area contributed by atoms with Crippen molar-refractivity contribution in [3.05, 3.63) is 89.4 Å². The smallest absolute Gasteiger partial charge is 0.237 e. The monoisotopic (exact) mass is 450 g/mol. The van der Waals surface area contributed by atoms with E-state index in [1.54, 1.807) is 23.3 Å². The summed E-state index contributed by atoms with van der Waals surface area (Å²) in [5.74, 6) is 0.201. The summed E-state index contributed by atoms with van der Waals surface area (Å²) >= 11 is 7.66. The highest BCUT2D eigenvalue weighted by atomic mass is 35.5. The van der Waals surface area contributed by atoms with Crippen molar-refractivity contribution in [1.82, 2.24) is 4.98 Å². The summed E-state index contributed by atoms with van der Waals surface area (Å²) in [7, 11) is 0. The fraction of sp³-hybridized carbons (Fsp3) is 0.0833. The molecule has 154 valence electrons. The standard InChI is InChI=1S/C24H16ClFN2O2S/c25-18-7-4-8-19(26)17(18)12-28-21-11-16(9-10-22(21)31-14-23(28)29)24-27-20(13-30-24)15-5-2-1-3-6-15/h1-11,13H,12,14H2. The summed E-state index contributed by atoms with van der Waals surface area (Å²) in [6.45, 7) is 0.0577. The molecule has 1 aliphatic rings. The maximum atomic E-state index is 14.4. The predicted molar refractivity (Wildman–Crippen MR) is 121 cm³/mol. The van der Waals surface area contributed by atoms with Crippen LogP contribution in [0.25, 0.3) is 22.7 Å². The Bertz CT molecular complexity index is 1260. The fourth-order valence-electron chi connectivity index (χ4n) is 3.50. The first kappa shape index (κ1) is 19.8. The molecular weight excluding hydrogens is 435 g/mol. The number of carbonyl (C=O) groups is 1. The molecule has 2 heterocycles. The second kappa shape index (κ2) is 8.21. The first-order valence-electron chi connectivity index (χ1n) is 9.61. The van der Waals surface area contributed by atoms with Crippen molar-refractivity contribution in [3.8, 4) is 22.7 Å². The number of nitrogens with zero attached hydrogens (tertiary/aromatic N) is 2. The molecule has 31 heavy (non-hydrogen) atoms. The number of amides is 1. The van der Waals surface area contributed by atoms with Crippen LogP contribution in [0.5, 0.6) is 0 Å². The Morgan fingerprint density at radius 1 is 1.06 bits per heavy atom. The molecule has 0 N–H and O–H groups in total. The number of halogens is 2. The minimum atomic E-state index is -0.434. The van der Waals surface area contributed by atoms with Gasteiger partial charge in [-0.25, -0.2) is 9.37 Å². The molecule has 0 saturated heterocycles. The van der Waals surface area contributed by atoms with Crippen LogP contribution in [0.2, 0.25) is 5.02 Å². The van der Waals surface area contributed by atoms with Gasteiger partial charge in [-0.3, -0.25) is 4.79 Å². The van der Waals surface area contributed by atoms with E-state index in [9.17, 15) is 9.18 Å². The van der Waals surface area contributed by atoms with E-state index in [1.165, 1.54) is 17.8 Å². The molecule has 3 aromatic carbocycles. The Hall–Kier alpha value is -3.09. The van der Waals surface area contributed by atoms with E-state index in [-0.39, 0.29) is 18.2 Å². The Labute approximate surface area is 187 Å². The van der Waals surface area contributed by atoms with Crippen LogP contribution < -0.4 is 4.90 Å². The third-order valence-electron chi connectivity index (χ3n) is 5.10. The number of oxazole rings is 1. The van der Waals surface area contributed by atoms with Crippen molar-refractivity contribution in [1.29, 1.82) is 0 Å². The van der Waals surface area contributed by atoms with E-state index >= 15 is 0 Å². The highest BCUT2D eigenvalue weighted by Crippen LogP contribution is 2.39. The van der Waals surface area contributed by atoms with Crippen LogP contribution in [0, 0.1) is 5.82 Å². The van der Waals surface area contributed by atoms with Crippen molar-refractivity contribution >= 4 is 35.0 Å². The largest absolute Gasteiger partial charge is 0.444 e. The number of rotatable bonds is 4. The number of aromatic nitrogens is 1. The van der Waals surface area contributed by atoms with Crippen molar-refractivity contribution in [2.75, 3.05) is 10.7 Å². The molecule has 4 nitrogen and oxygen atoms in total. The maximum Gasteiger partial charge on any atom is 0.237 e. The van der Waals surface area contributed by atoms with Crippen LogP contribution in [0.3, 0.4) is 0 Å². The molecule has 1 amide bonds. The normalized spacial score (nSPS) is 13.4. The lowest BCUT2D eigenvalue weighted by Crippen LogP contribution is -2.35. The Morgan fingerprint density at radius 2 is 1.90 bits per heavy atom. The Morgan fingerprint density at radius 3 is 2.71 bits per heavy atom. The SMILES string of the molecule is O=C1CSc2ccc(-c3nc(-c4ccccc4)co3)cc2N1Cc1c(F)cccc1Cl. The Balaban J connectivity index is 1.52. The maximum absolute atomic E-state index is 14.4. The van der Waals surface area contributed by atoms with Crippen LogP contribution in [-0.4, -0.2) is 16.6 Å². The van der Waals surface area contributed by atoms with E-state index in [1.807, 2.05) is 48.5 Å². The number of thioether (sulfide) groups is 1. The third kappa shape index (κ3) is 3.84. The van der Waals surface area contributed by atoms with E-state index in [0.717, 1.165) is 21.7 Å².